The summed E-state index contributed by atoms with van der Waals surface area (Å²) in [5.74, 6) is 3.59. The van der Waals surface area contributed by atoms with Crippen molar-refractivity contribution >= 4 is 11.8 Å². The third kappa shape index (κ3) is 3.28. The number of aryl methyl sites for hydroxylation is 1. The molecule has 1 aliphatic heterocycles. The van der Waals surface area contributed by atoms with E-state index in [-0.39, 0.29) is 17.6 Å². The van der Waals surface area contributed by atoms with Gasteiger partial charge in [-0.1, -0.05) is 24.3 Å². The van der Waals surface area contributed by atoms with Gasteiger partial charge in [0.25, 0.3) is 5.56 Å². The highest BCUT2D eigenvalue weighted by atomic mass is 32.2. The topological polar surface area (TPSA) is 94.3 Å². The number of hydrogen-bond acceptors (Lipinski definition) is 6. The van der Waals surface area contributed by atoms with Crippen LogP contribution in [0, 0.1) is 0 Å². The van der Waals surface area contributed by atoms with E-state index in [0.717, 1.165) is 37.2 Å². The Morgan fingerprint density at radius 2 is 2.06 bits per heavy atom. The minimum absolute atomic E-state index is 0.0122. The standard InChI is InChI=1S/C23H23N7OS/c31-23-18(8-4-11-29(23)16-10-12-32-13-16)22-26-21(20-24-14-25-27-20)28-30(22)19-9-3-6-15-5-1-2-7-17(15)19/h1-2,4-5,7-8,11,14,16,19H,3,6,9-10,12-13H2,(H,24,25,27). The molecule has 0 amide bonds. The van der Waals surface area contributed by atoms with Gasteiger partial charge in [-0.25, -0.2) is 14.6 Å². The zero-order chi connectivity index (χ0) is 21.5. The molecule has 162 valence electrons. The van der Waals surface area contributed by atoms with Gasteiger partial charge in [0.2, 0.25) is 5.82 Å². The molecule has 3 aromatic heterocycles. The number of fused-ring (bicyclic) bond motifs is 1. The van der Waals surface area contributed by atoms with E-state index in [2.05, 4.69) is 39.4 Å². The lowest BCUT2D eigenvalue weighted by Gasteiger charge is -2.26. The van der Waals surface area contributed by atoms with E-state index in [0.29, 0.717) is 23.0 Å². The van der Waals surface area contributed by atoms with Crippen LogP contribution in [0.4, 0.5) is 0 Å². The first-order valence-corrected chi connectivity index (χ1v) is 12.1. The Bertz CT molecular complexity index is 1300. The number of rotatable bonds is 4. The van der Waals surface area contributed by atoms with Crippen LogP contribution in [0.2, 0.25) is 0 Å². The molecule has 4 heterocycles. The van der Waals surface area contributed by atoms with Gasteiger partial charge in [0.1, 0.15) is 6.33 Å². The van der Waals surface area contributed by atoms with E-state index in [1.165, 1.54) is 17.5 Å². The Morgan fingerprint density at radius 1 is 1.12 bits per heavy atom. The van der Waals surface area contributed by atoms with Crippen LogP contribution in [0.1, 0.15) is 42.5 Å². The summed E-state index contributed by atoms with van der Waals surface area (Å²) < 4.78 is 3.80. The van der Waals surface area contributed by atoms with Crippen molar-refractivity contribution in [2.45, 2.75) is 37.8 Å². The average molecular weight is 446 g/mol. The summed E-state index contributed by atoms with van der Waals surface area (Å²) in [6, 6.07) is 12.6. The number of thioether (sulfide) groups is 1. The van der Waals surface area contributed by atoms with E-state index in [4.69, 9.17) is 10.1 Å². The van der Waals surface area contributed by atoms with Crippen molar-refractivity contribution in [1.82, 2.24) is 34.5 Å². The van der Waals surface area contributed by atoms with E-state index in [1.54, 1.807) is 0 Å². The monoisotopic (exact) mass is 445 g/mol. The van der Waals surface area contributed by atoms with Gasteiger partial charge < -0.3 is 4.57 Å². The number of benzene rings is 1. The molecule has 8 nitrogen and oxygen atoms in total. The van der Waals surface area contributed by atoms with Crippen LogP contribution in [0.5, 0.6) is 0 Å². The molecular weight excluding hydrogens is 422 g/mol. The largest absolute Gasteiger partial charge is 0.311 e. The molecule has 1 saturated heterocycles. The minimum atomic E-state index is -0.0122. The number of pyridine rings is 1. The molecule has 0 radical (unpaired) electrons. The van der Waals surface area contributed by atoms with Gasteiger partial charge in [-0.3, -0.25) is 9.89 Å². The highest BCUT2D eigenvalue weighted by Gasteiger charge is 2.29. The first-order valence-electron chi connectivity index (χ1n) is 11.0. The van der Waals surface area contributed by atoms with Crippen molar-refractivity contribution < 1.29 is 0 Å². The Kier molecular flexibility index (Phi) is 4.90. The Morgan fingerprint density at radius 3 is 2.91 bits per heavy atom. The van der Waals surface area contributed by atoms with Crippen LogP contribution in [-0.4, -0.2) is 46.0 Å². The number of nitrogens with one attached hydrogen (secondary N) is 1. The first-order chi connectivity index (χ1) is 15.8. The van der Waals surface area contributed by atoms with Crippen molar-refractivity contribution in [3.05, 3.63) is 70.4 Å². The fourth-order valence-corrected chi connectivity index (χ4v) is 6.03. The summed E-state index contributed by atoms with van der Waals surface area (Å²) in [5.41, 5.74) is 3.14. The molecule has 2 unspecified atom stereocenters. The molecule has 1 fully saturated rings. The van der Waals surface area contributed by atoms with E-state index >= 15 is 0 Å². The maximum atomic E-state index is 13.6. The molecule has 4 aromatic rings. The number of hydrogen-bond donors (Lipinski definition) is 1. The predicted octanol–water partition coefficient (Wildman–Crippen LogP) is 3.50. The van der Waals surface area contributed by atoms with Gasteiger partial charge in [0.15, 0.2) is 11.6 Å². The van der Waals surface area contributed by atoms with Crippen molar-refractivity contribution in [3.8, 4) is 23.0 Å². The van der Waals surface area contributed by atoms with Gasteiger partial charge in [0.05, 0.1) is 11.6 Å². The zero-order valence-electron chi connectivity index (χ0n) is 17.5. The second-order valence-electron chi connectivity index (χ2n) is 8.30. The predicted molar refractivity (Wildman–Crippen MR) is 124 cm³/mol. The van der Waals surface area contributed by atoms with Crippen molar-refractivity contribution in [2.24, 2.45) is 0 Å². The fourth-order valence-electron chi connectivity index (χ4n) is 4.83. The molecule has 9 heteroatoms. The minimum Gasteiger partial charge on any atom is -0.311 e. The molecule has 2 atom stereocenters. The summed E-state index contributed by atoms with van der Waals surface area (Å²) in [7, 11) is 0. The maximum absolute atomic E-state index is 13.6. The molecule has 1 aromatic carbocycles. The molecule has 32 heavy (non-hydrogen) atoms. The third-order valence-electron chi connectivity index (χ3n) is 6.41. The summed E-state index contributed by atoms with van der Waals surface area (Å²) in [6.45, 7) is 0. The molecule has 0 saturated carbocycles. The summed E-state index contributed by atoms with van der Waals surface area (Å²) in [6.07, 6.45) is 7.43. The average Bonchev–Trinajstić information content (AvgIpc) is 3.60. The fraction of sp³-hybridized carbons (Fsp3) is 0.348. The van der Waals surface area contributed by atoms with Crippen LogP contribution >= 0.6 is 11.8 Å². The Balaban J connectivity index is 1.53. The first kappa shape index (κ1) is 19.5. The highest BCUT2D eigenvalue weighted by molar-refractivity contribution is 7.99. The maximum Gasteiger partial charge on any atom is 0.261 e. The van der Waals surface area contributed by atoms with Crippen LogP contribution in [0.25, 0.3) is 23.0 Å². The second kappa shape index (κ2) is 8.05. The molecular formula is C23H23N7OS. The molecule has 0 spiro atoms. The van der Waals surface area contributed by atoms with Crippen molar-refractivity contribution in [2.75, 3.05) is 11.5 Å². The van der Waals surface area contributed by atoms with Crippen LogP contribution in [0.3, 0.4) is 0 Å². The zero-order valence-corrected chi connectivity index (χ0v) is 18.3. The lowest BCUT2D eigenvalue weighted by Crippen LogP contribution is -2.27. The molecule has 0 bridgehead atoms. The third-order valence-corrected chi connectivity index (χ3v) is 7.55. The van der Waals surface area contributed by atoms with Gasteiger partial charge in [0, 0.05) is 18.0 Å². The second-order valence-corrected chi connectivity index (χ2v) is 9.45. The molecule has 2 aliphatic rings. The van der Waals surface area contributed by atoms with Gasteiger partial charge >= 0.3 is 0 Å². The lowest BCUT2D eigenvalue weighted by atomic mass is 9.88. The van der Waals surface area contributed by atoms with Crippen molar-refractivity contribution in [1.29, 1.82) is 0 Å². The van der Waals surface area contributed by atoms with Crippen LogP contribution < -0.4 is 5.56 Å². The number of aromatic nitrogens is 7. The summed E-state index contributed by atoms with van der Waals surface area (Å²) >= 11 is 1.90. The van der Waals surface area contributed by atoms with E-state index < -0.39 is 0 Å². The van der Waals surface area contributed by atoms with E-state index in [9.17, 15) is 4.79 Å². The normalized spacial score (nSPS) is 20.4. The van der Waals surface area contributed by atoms with Crippen LogP contribution in [0.15, 0.2) is 53.7 Å². The van der Waals surface area contributed by atoms with E-state index in [1.807, 2.05) is 39.3 Å². The van der Waals surface area contributed by atoms with Crippen molar-refractivity contribution in [3.63, 3.8) is 0 Å². The number of aromatic amines is 1. The Hall–Kier alpha value is -3.20. The molecule has 6 rings (SSSR count). The van der Waals surface area contributed by atoms with Gasteiger partial charge in [-0.15, -0.1) is 5.10 Å². The molecule has 1 N–H and O–H groups in total. The Labute approximate surface area is 189 Å². The summed E-state index contributed by atoms with van der Waals surface area (Å²) in [4.78, 5) is 22.6. The quantitative estimate of drug-likeness (QED) is 0.517. The molecule has 1 aliphatic carbocycles. The number of H-pyrrole nitrogens is 1. The highest BCUT2D eigenvalue weighted by Crippen LogP contribution is 2.35. The number of nitrogens with zero attached hydrogens (tertiary/aromatic N) is 6. The van der Waals surface area contributed by atoms with Gasteiger partial charge in [-0.05, 0) is 54.7 Å². The SMILES string of the molecule is O=c1c(-c2nc(-c3ncn[nH]3)nn2C2CCCc3ccccc32)cccn1C1CCSC1. The lowest BCUT2D eigenvalue weighted by molar-refractivity contribution is 0.454. The van der Waals surface area contributed by atoms with Gasteiger partial charge in [-0.2, -0.15) is 16.9 Å². The van der Waals surface area contributed by atoms with Crippen LogP contribution in [-0.2, 0) is 6.42 Å². The summed E-state index contributed by atoms with van der Waals surface area (Å²) in [5, 5.41) is 11.6. The smallest absolute Gasteiger partial charge is 0.261 e.